The summed E-state index contributed by atoms with van der Waals surface area (Å²) in [4.78, 5) is 94.4. The smallest absolute Gasteiger partial charge is 0.409 e. The number of carbonyl (C=O) groups excluding carboxylic acids is 5. The number of amides is 3. The van der Waals surface area contributed by atoms with Gasteiger partial charge in [-0.1, -0.05) is 74.9 Å². The van der Waals surface area contributed by atoms with Crippen LogP contribution in [0.2, 0.25) is 5.02 Å². The fraction of sp³-hybridized carbons (Fsp3) is 0.600. The summed E-state index contributed by atoms with van der Waals surface area (Å²) in [5.41, 5.74) is 0.751. The highest BCUT2D eigenvalue weighted by Crippen LogP contribution is 2.50. The van der Waals surface area contributed by atoms with Crippen LogP contribution < -0.4 is 20.3 Å². The van der Waals surface area contributed by atoms with Gasteiger partial charge in [-0.3, -0.25) is 33.9 Å². The number of ether oxygens (including phenoxy) is 7. The van der Waals surface area contributed by atoms with E-state index in [1.165, 1.54) is 40.1 Å². The van der Waals surface area contributed by atoms with E-state index in [0.717, 1.165) is 38.9 Å². The summed E-state index contributed by atoms with van der Waals surface area (Å²) in [5, 5.41) is 27.7. The second kappa shape index (κ2) is 31.3. The van der Waals surface area contributed by atoms with Gasteiger partial charge in [0.05, 0.1) is 57.9 Å². The van der Waals surface area contributed by atoms with Gasteiger partial charge in [0.25, 0.3) is 7.52 Å². The number of aromatic nitrogens is 1. The Balaban J connectivity index is 0.0000132. The topological polar surface area (TPSA) is 287 Å². The lowest BCUT2D eigenvalue weighted by Gasteiger charge is -2.42. The van der Waals surface area contributed by atoms with Gasteiger partial charge in [-0.2, -0.15) is 0 Å². The van der Waals surface area contributed by atoms with E-state index in [9.17, 15) is 48.4 Å². The van der Waals surface area contributed by atoms with Crippen molar-refractivity contribution in [2.24, 2.45) is 11.8 Å². The molecule has 0 spiro atoms. The molecule has 472 valence electrons. The molecule has 2 fully saturated rings. The number of halogens is 1. The number of hydrogen-bond donors (Lipinski definition) is 5. The van der Waals surface area contributed by atoms with Gasteiger partial charge in [0.2, 0.25) is 11.8 Å². The quantitative estimate of drug-likeness (QED) is 0.0225. The van der Waals surface area contributed by atoms with Crippen LogP contribution in [0.4, 0.5) is 10.5 Å². The van der Waals surface area contributed by atoms with Gasteiger partial charge in [0, 0.05) is 82.5 Å². The first kappa shape index (κ1) is 70.0. The third-order valence-electron chi connectivity index (χ3n) is 16.1. The van der Waals surface area contributed by atoms with Gasteiger partial charge in [0.15, 0.2) is 5.72 Å². The van der Waals surface area contributed by atoms with Crippen LogP contribution in [0.3, 0.4) is 0 Å². The zero-order valence-corrected chi connectivity index (χ0v) is 51.5. The number of nitrogens with one attached hydrogen (secondary N) is 2. The number of fused-ring (bicyclic) bond motifs is 6. The van der Waals surface area contributed by atoms with Gasteiger partial charge < -0.3 is 67.9 Å². The zero-order chi connectivity index (χ0) is 61.7. The third-order valence-corrected chi connectivity index (χ3v) is 18.6. The Labute approximate surface area is 503 Å². The van der Waals surface area contributed by atoms with Crippen molar-refractivity contribution >= 4 is 71.3 Å². The SMILES string of the molecule is C.CCN(C)Cc1cc2ccccc2n1CCC(=O)C[C@@H](CCC(=O)O)C(=O)NCCOCCOCCP(=O)(O)N(C)[C@@H](C)C(=O)O[C@H]1CC(=O)N(C)c2cc(cc(OC)c2Cl)C/C(C)=C/C=C/[C@@H](OC)[C@@]2(O)C[C@H](OC(=O)N2)[C@@H](C)[C@@H]2O[C@]12C. The molecule has 10 atom stereocenters. The van der Waals surface area contributed by atoms with Crippen molar-refractivity contribution < 1.29 is 81.6 Å². The maximum absolute atomic E-state index is 14.4. The number of allylic oxidation sites excluding steroid dienone is 3. The number of ketones is 1. The summed E-state index contributed by atoms with van der Waals surface area (Å²) in [6.45, 7) is 10.7. The molecule has 23 nitrogen and oxygen atoms in total. The summed E-state index contributed by atoms with van der Waals surface area (Å²) >= 11 is 6.82. The molecule has 3 aliphatic rings. The standard InChI is InChI=1S/C59H84ClN6O17P.CH4/c1-11-63(6)36-43-32-41-16-12-13-17-45(41)66(43)23-21-44(67)33-42(19-20-52(69)70)55(71)61-22-24-79-25-26-80-27-28-84(75,76)65(8)39(4)56(72)82-50-34-51(68)64(7)46-30-40(31-47(77-9)53(46)60)29-37(2)15-14-18-49(78-10)59(74)35-48(81-57(73)62-59)38(3)54-58(50,5)83-54;/h12-18,30-32,38-39,42,48-50,54,74H,11,19-29,33-36H2,1-10H3,(H,61,71)(H,62,73)(H,69,70)(H,75,76);1H4/b18-14+,37-15+;/t38-,39+,42-,48+,49-,50+,54+,58-,59+;/m1./s1. The molecular formula is C60H88ClN6O17P. The number of Topliss-reactive ketones (excluding diaryl/α,β-unsaturated/α-hetero) is 1. The molecule has 4 bridgehead atoms. The second-order valence-corrected chi connectivity index (χ2v) is 25.0. The molecule has 0 radical (unpaired) electrons. The number of epoxide rings is 1. The van der Waals surface area contributed by atoms with Gasteiger partial charge >= 0.3 is 18.0 Å². The maximum atomic E-state index is 14.4. The molecule has 3 amide bonds. The molecule has 6 rings (SSSR count). The third kappa shape index (κ3) is 18.4. The largest absolute Gasteiger partial charge is 0.495 e. The number of esters is 1. The van der Waals surface area contributed by atoms with Crippen molar-refractivity contribution in [1.29, 1.82) is 0 Å². The minimum Gasteiger partial charge on any atom is -0.495 e. The lowest BCUT2D eigenvalue weighted by atomic mass is 9.83. The Morgan fingerprint density at radius 3 is 2.44 bits per heavy atom. The first-order valence-corrected chi connectivity index (χ1v) is 30.5. The number of carboxylic acid groups (broad SMARTS) is 1. The molecule has 2 aromatic carbocycles. The lowest BCUT2D eigenvalue weighted by Crippen LogP contribution is -2.63. The average Bonchev–Trinajstić information content (AvgIpc) is 1.64. The monoisotopic (exact) mass is 1230 g/mol. The summed E-state index contributed by atoms with van der Waals surface area (Å²) in [7, 11) is 3.42. The van der Waals surface area contributed by atoms with E-state index in [1.807, 2.05) is 44.3 Å². The van der Waals surface area contributed by atoms with Crippen molar-refractivity contribution in [3.05, 3.63) is 82.5 Å². The summed E-state index contributed by atoms with van der Waals surface area (Å²) in [5.74, 6) is -4.34. The number of aliphatic carboxylic acids is 1. The predicted molar refractivity (Wildman–Crippen MR) is 321 cm³/mol. The number of likely N-dealkylation sites (N-methyl/N-ethyl adjacent to an activating group) is 1. The second-order valence-electron chi connectivity index (χ2n) is 22.2. The Hall–Kier alpha value is -5.72. The van der Waals surface area contributed by atoms with Crippen molar-refractivity contribution in [2.45, 2.75) is 142 Å². The fourth-order valence-electron chi connectivity index (χ4n) is 10.6. The van der Waals surface area contributed by atoms with Crippen LogP contribution in [0, 0.1) is 11.8 Å². The van der Waals surface area contributed by atoms with Crippen molar-refractivity contribution in [3.8, 4) is 5.75 Å². The van der Waals surface area contributed by atoms with E-state index in [4.69, 9.17) is 44.8 Å². The van der Waals surface area contributed by atoms with E-state index < -0.39 is 97.4 Å². The highest BCUT2D eigenvalue weighted by Gasteiger charge is 2.64. The van der Waals surface area contributed by atoms with E-state index in [1.54, 1.807) is 38.1 Å². The first-order valence-electron chi connectivity index (χ1n) is 28.3. The first-order chi connectivity index (χ1) is 39.7. The Morgan fingerprint density at radius 1 is 1.05 bits per heavy atom. The number of nitrogens with zero attached hydrogens (tertiary/aromatic N) is 4. The number of carboxylic acids is 1. The predicted octanol–water partition coefficient (Wildman–Crippen LogP) is 6.90. The van der Waals surface area contributed by atoms with Crippen LogP contribution in [0.25, 0.3) is 10.9 Å². The summed E-state index contributed by atoms with van der Waals surface area (Å²) < 4.78 is 57.5. The Morgan fingerprint density at radius 2 is 1.75 bits per heavy atom. The normalized spacial score (nSPS) is 25.0. The number of anilines is 1. The Bertz CT molecular complexity index is 2940. The number of aliphatic hydroxyl groups is 1. The van der Waals surface area contributed by atoms with E-state index in [2.05, 4.69) is 33.1 Å². The molecule has 0 aliphatic carbocycles. The van der Waals surface area contributed by atoms with Crippen molar-refractivity contribution in [3.63, 3.8) is 0 Å². The molecule has 3 aromatic rings. The van der Waals surface area contributed by atoms with Crippen LogP contribution in [0.15, 0.2) is 66.3 Å². The molecule has 4 heterocycles. The minimum atomic E-state index is -4.27. The number of carbonyl (C=O) groups is 6. The number of hydrogen-bond acceptors (Lipinski definition) is 16. The molecule has 5 N–H and O–H groups in total. The minimum absolute atomic E-state index is 0. The highest BCUT2D eigenvalue weighted by atomic mass is 35.5. The van der Waals surface area contributed by atoms with E-state index in [-0.39, 0.29) is 89.5 Å². The zero-order valence-electron chi connectivity index (χ0n) is 49.8. The molecule has 25 heteroatoms. The van der Waals surface area contributed by atoms with Crippen LogP contribution in [0.5, 0.6) is 5.75 Å². The van der Waals surface area contributed by atoms with Crippen LogP contribution in [0.1, 0.15) is 91.8 Å². The molecular weight excluding hydrogens is 1140 g/mol. The summed E-state index contributed by atoms with van der Waals surface area (Å²) in [6.07, 6.45) is -0.560. The molecule has 85 heavy (non-hydrogen) atoms. The van der Waals surface area contributed by atoms with Crippen molar-refractivity contribution in [2.75, 3.05) is 85.9 Å². The fourth-order valence-corrected chi connectivity index (χ4v) is 12.2. The number of aryl methyl sites for hydroxylation is 1. The van der Waals surface area contributed by atoms with Gasteiger partial charge in [0.1, 0.15) is 46.5 Å². The maximum Gasteiger partial charge on any atom is 0.409 e. The number of alkyl carbamates (subject to hydrolysis) is 1. The van der Waals surface area contributed by atoms with Crippen molar-refractivity contribution in [1.82, 2.24) is 24.8 Å². The van der Waals surface area contributed by atoms with E-state index in [0.29, 0.717) is 30.9 Å². The average molecular weight is 1230 g/mol. The summed E-state index contributed by atoms with van der Waals surface area (Å²) in [6, 6.07) is 12.2. The number of methoxy groups -OCH3 is 2. The molecule has 1 unspecified atom stereocenters. The van der Waals surface area contributed by atoms with Gasteiger partial charge in [-0.25, -0.2) is 9.46 Å². The molecule has 3 aliphatic heterocycles. The van der Waals surface area contributed by atoms with Crippen LogP contribution in [-0.2, 0) is 76.5 Å². The van der Waals surface area contributed by atoms with Crippen LogP contribution >= 0.6 is 19.1 Å². The number of rotatable bonds is 27. The van der Waals surface area contributed by atoms with Crippen LogP contribution in [-0.4, -0.2) is 188 Å². The molecule has 0 saturated carbocycles. The number of benzene rings is 2. The van der Waals surface area contributed by atoms with Gasteiger partial charge in [-0.05, 0) is 89.5 Å². The highest BCUT2D eigenvalue weighted by molar-refractivity contribution is 7.55. The molecule has 1 aromatic heterocycles. The molecule has 2 saturated heterocycles. The van der Waals surface area contributed by atoms with Gasteiger partial charge in [-0.15, -0.1) is 0 Å². The Kier molecular flexibility index (Phi) is 25.8. The van der Waals surface area contributed by atoms with E-state index >= 15 is 0 Å². The lowest BCUT2D eigenvalue weighted by molar-refractivity contribution is -0.157. The number of para-hydroxylation sites is 1.